The van der Waals surface area contributed by atoms with Crippen LogP contribution in [0.15, 0.2) is 29.3 Å². The number of benzene rings is 1. The molecule has 4 atom stereocenters. The number of rotatable bonds is 9. The molecule has 0 spiro atoms. The number of carbonyl (C=O) groups is 1. The van der Waals surface area contributed by atoms with E-state index in [0.717, 1.165) is 27.8 Å². The van der Waals surface area contributed by atoms with Crippen LogP contribution in [-0.2, 0) is 14.3 Å². The van der Waals surface area contributed by atoms with Gasteiger partial charge >= 0.3 is 11.7 Å². The van der Waals surface area contributed by atoms with E-state index in [4.69, 9.17) is 19.9 Å². The summed E-state index contributed by atoms with van der Waals surface area (Å²) in [6.45, 7) is 7.68. The third kappa shape index (κ3) is 5.91. The third-order valence-corrected chi connectivity index (χ3v) is 5.84. The summed E-state index contributed by atoms with van der Waals surface area (Å²) < 4.78 is 17.7. The minimum Gasteiger partial charge on any atom is -0.493 e. The van der Waals surface area contributed by atoms with Crippen molar-refractivity contribution in [3.05, 3.63) is 46.1 Å². The van der Waals surface area contributed by atoms with E-state index in [1.807, 2.05) is 32.0 Å². The number of carbonyl (C=O) groups excluding carboxylic acids is 1. The Labute approximate surface area is 197 Å². The first-order valence-electron chi connectivity index (χ1n) is 11.1. The molecule has 2 aromatic rings. The molecule has 0 bridgehead atoms. The standard InChI is InChI=1S/C23H32N4O7/c1-13-6-7-14(2)15(10-13)32-9-5-8-23(3,4)20(30)33-11-16-17(28)18(29)19(34-16)27-12-25-21(24)26-22(27)31/h6-7,10,12,16-19,28-29H,5,8-9,11H2,1-4H3,(H2,24,26,31)/t16-,17-,18-,19-/m1/s1. The highest BCUT2D eigenvalue weighted by atomic mass is 16.6. The van der Waals surface area contributed by atoms with E-state index >= 15 is 0 Å². The fourth-order valence-electron chi connectivity index (χ4n) is 3.64. The van der Waals surface area contributed by atoms with Crippen LogP contribution in [-0.4, -0.2) is 62.2 Å². The quantitative estimate of drug-likeness (QED) is 0.350. The summed E-state index contributed by atoms with van der Waals surface area (Å²) in [7, 11) is 0. The number of aliphatic hydroxyl groups is 2. The predicted octanol–water partition coefficient (Wildman–Crippen LogP) is 0.885. The van der Waals surface area contributed by atoms with E-state index in [2.05, 4.69) is 9.97 Å². The minimum atomic E-state index is -1.44. The Morgan fingerprint density at radius 3 is 2.71 bits per heavy atom. The molecule has 186 valence electrons. The van der Waals surface area contributed by atoms with E-state index < -0.39 is 41.6 Å². The fraction of sp³-hybridized carbons (Fsp3) is 0.565. The van der Waals surface area contributed by atoms with Crippen molar-refractivity contribution in [2.45, 2.75) is 65.1 Å². The molecule has 3 rings (SSSR count). The van der Waals surface area contributed by atoms with Crippen LogP contribution in [0.3, 0.4) is 0 Å². The van der Waals surface area contributed by atoms with Crippen molar-refractivity contribution in [1.82, 2.24) is 14.5 Å². The number of hydrogen-bond donors (Lipinski definition) is 3. The summed E-state index contributed by atoms with van der Waals surface area (Å²) in [4.78, 5) is 31.8. The van der Waals surface area contributed by atoms with Crippen molar-refractivity contribution < 1.29 is 29.2 Å². The summed E-state index contributed by atoms with van der Waals surface area (Å²) in [5.74, 6) is 0.133. The number of ether oxygens (including phenoxy) is 3. The summed E-state index contributed by atoms with van der Waals surface area (Å²) in [6.07, 6.45) is -2.85. The van der Waals surface area contributed by atoms with Gasteiger partial charge in [0.25, 0.3) is 0 Å². The summed E-state index contributed by atoms with van der Waals surface area (Å²) >= 11 is 0. The zero-order chi connectivity index (χ0) is 25.0. The van der Waals surface area contributed by atoms with Gasteiger partial charge in [0.2, 0.25) is 5.95 Å². The number of aromatic nitrogens is 3. The van der Waals surface area contributed by atoms with Gasteiger partial charge in [0.05, 0.1) is 12.0 Å². The molecule has 34 heavy (non-hydrogen) atoms. The largest absolute Gasteiger partial charge is 0.493 e. The Morgan fingerprint density at radius 2 is 2.00 bits per heavy atom. The van der Waals surface area contributed by atoms with E-state index in [1.54, 1.807) is 13.8 Å². The molecule has 1 fully saturated rings. The molecule has 1 aliphatic heterocycles. The summed E-state index contributed by atoms with van der Waals surface area (Å²) in [5.41, 5.74) is 5.95. The molecule has 0 saturated carbocycles. The molecule has 11 heteroatoms. The normalized spacial score (nSPS) is 22.5. The average molecular weight is 477 g/mol. The average Bonchev–Trinajstić information content (AvgIpc) is 3.05. The first-order valence-corrected chi connectivity index (χ1v) is 11.1. The summed E-state index contributed by atoms with van der Waals surface area (Å²) in [5, 5.41) is 20.6. The highest BCUT2D eigenvalue weighted by molar-refractivity contribution is 5.75. The molecule has 11 nitrogen and oxygen atoms in total. The van der Waals surface area contributed by atoms with Crippen LogP contribution >= 0.6 is 0 Å². The zero-order valence-corrected chi connectivity index (χ0v) is 19.8. The van der Waals surface area contributed by atoms with Crippen LogP contribution in [0.1, 0.15) is 44.0 Å². The number of nitrogens with zero attached hydrogens (tertiary/aromatic N) is 3. The van der Waals surface area contributed by atoms with Crippen molar-refractivity contribution in [3.63, 3.8) is 0 Å². The molecule has 2 heterocycles. The molecule has 1 aromatic heterocycles. The second-order valence-electron chi connectivity index (χ2n) is 9.15. The number of anilines is 1. The van der Waals surface area contributed by atoms with Crippen LogP contribution < -0.4 is 16.2 Å². The van der Waals surface area contributed by atoms with Crippen LogP contribution in [0.25, 0.3) is 0 Å². The Hall–Kier alpha value is -3.02. The third-order valence-electron chi connectivity index (χ3n) is 5.84. The number of nitrogens with two attached hydrogens (primary N) is 1. The van der Waals surface area contributed by atoms with Gasteiger partial charge in [0.15, 0.2) is 6.23 Å². The maximum absolute atomic E-state index is 12.7. The number of aliphatic hydroxyl groups excluding tert-OH is 2. The summed E-state index contributed by atoms with van der Waals surface area (Å²) in [6, 6.07) is 6.01. The minimum absolute atomic E-state index is 0.221. The van der Waals surface area contributed by atoms with Crippen molar-refractivity contribution in [2.24, 2.45) is 5.41 Å². The molecule has 4 N–H and O–H groups in total. The first-order chi connectivity index (χ1) is 16.0. The Kier molecular flexibility index (Phi) is 7.90. The number of hydrogen-bond acceptors (Lipinski definition) is 10. The molecule has 1 saturated heterocycles. The van der Waals surface area contributed by atoms with Gasteiger partial charge in [0, 0.05) is 0 Å². The van der Waals surface area contributed by atoms with Gasteiger partial charge in [-0.15, -0.1) is 0 Å². The second kappa shape index (κ2) is 10.5. The Morgan fingerprint density at radius 1 is 1.26 bits per heavy atom. The van der Waals surface area contributed by atoms with Crippen molar-refractivity contribution in [2.75, 3.05) is 18.9 Å². The van der Waals surface area contributed by atoms with Gasteiger partial charge in [-0.05, 0) is 57.7 Å². The molecule has 1 aliphatic rings. The monoisotopic (exact) mass is 476 g/mol. The van der Waals surface area contributed by atoms with Crippen LogP contribution in [0.5, 0.6) is 5.75 Å². The SMILES string of the molecule is Cc1ccc(C)c(OCCCC(C)(C)C(=O)OC[C@H]2O[C@@H](n3cnc(N)nc3=O)[C@H](O)[C@@H]2O)c1. The maximum Gasteiger partial charge on any atom is 0.354 e. The van der Waals surface area contributed by atoms with Gasteiger partial charge in [-0.3, -0.25) is 9.36 Å². The Bertz CT molecular complexity index is 1070. The molecule has 0 amide bonds. The van der Waals surface area contributed by atoms with E-state index in [0.29, 0.717) is 19.4 Å². The van der Waals surface area contributed by atoms with Gasteiger partial charge in [0.1, 0.15) is 37.0 Å². The second-order valence-corrected chi connectivity index (χ2v) is 9.15. The Balaban J connectivity index is 1.49. The van der Waals surface area contributed by atoms with Gasteiger partial charge in [-0.2, -0.15) is 4.98 Å². The van der Waals surface area contributed by atoms with Gasteiger partial charge in [-0.1, -0.05) is 12.1 Å². The van der Waals surface area contributed by atoms with Crippen molar-refractivity contribution >= 4 is 11.9 Å². The van der Waals surface area contributed by atoms with Crippen LogP contribution in [0, 0.1) is 19.3 Å². The van der Waals surface area contributed by atoms with E-state index in [1.165, 1.54) is 0 Å². The number of esters is 1. The maximum atomic E-state index is 12.7. The lowest BCUT2D eigenvalue weighted by molar-refractivity contribution is -0.160. The number of nitrogen functional groups attached to an aromatic ring is 1. The fourth-order valence-corrected chi connectivity index (χ4v) is 3.64. The van der Waals surface area contributed by atoms with Crippen LogP contribution in [0.2, 0.25) is 0 Å². The smallest absolute Gasteiger partial charge is 0.354 e. The lowest BCUT2D eigenvalue weighted by Crippen LogP contribution is -2.37. The highest BCUT2D eigenvalue weighted by Gasteiger charge is 2.45. The molecular weight excluding hydrogens is 444 g/mol. The van der Waals surface area contributed by atoms with Crippen molar-refractivity contribution in [1.29, 1.82) is 0 Å². The molecule has 0 radical (unpaired) electrons. The molecule has 0 unspecified atom stereocenters. The van der Waals surface area contributed by atoms with Crippen LogP contribution in [0.4, 0.5) is 5.95 Å². The van der Waals surface area contributed by atoms with Gasteiger partial charge in [-0.25, -0.2) is 9.78 Å². The lowest BCUT2D eigenvalue weighted by atomic mass is 9.88. The predicted molar refractivity (Wildman–Crippen MR) is 122 cm³/mol. The zero-order valence-electron chi connectivity index (χ0n) is 19.8. The van der Waals surface area contributed by atoms with Crippen molar-refractivity contribution in [3.8, 4) is 5.75 Å². The van der Waals surface area contributed by atoms with Gasteiger partial charge < -0.3 is 30.2 Å². The topological polar surface area (TPSA) is 159 Å². The lowest BCUT2D eigenvalue weighted by Gasteiger charge is -2.24. The van der Waals surface area contributed by atoms with E-state index in [-0.39, 0.29) is 12.6 Å². The van der Waals surface area contributed by atoms with E-state index in [9.17, 15) is 19.8 Å². The molecule has 0 aliphatic carbocycles. The molecular formula is C23H32N4O7. The highest BCUT2D eigenvalue weighted by Crippen LogP contribution is 2.30. The number of aryl methyl sites for hydroxylation is 2. The molecule has 1 aromatic carbocycles. The first kappa shape index (κ1) is 25.6.